The number of amidine groups is 2. The van der Waals surface area contributed by atoms with E-state index >= 15 is 0 Å². The van der Waals surface area contributed by atoms with Crippen LogP contribution in [0, 0.1) is 27.3 Å². The first kappa shape index (κ1) is 49.8. The summed E-state index contributed by atoms with van der Waals surface area (Å²) in [5.41, 5.74) is 10.4. The standard InChI is InChI=1S/C34H32Cl4N4OS.C19H12N4O3/c1-4-5-16-41(20-23-13-10-21(2)11-14-23)29-8-6-7-9-30(29)44-32-33(39-28-17-22(3)12-15-25(28)36)40-42(34(32)43)31-26(37)18-24(35)19-27(31)38;1-11-6-5-7-12(10-11)23-19(26)15(16(20-2)21-23)22-17(24)13-8-3-4-9-14(13)18(22)25/h6-15,17-19,32H,4-5,16,20H2,1-3H3,(H,39,40);3-10,15H,1H3. The molecule has 0 bridgehead atoms. The Morgan fingerprint density at radius 2 is 1.39 bits per heavy atom. The normalized spacial score (nSPS) is 16.8. The van der Waals surface area contributed by atoms with E-state index < -0.39 is 29.0 Å². The van der Waals surface area contributed by atoms with Crippen molar-refractivity contribution in [3.8, 4) is 0 Å². The maximum Gasteiger partial charge on any atom is 0.304 e. The van der Waals surface area contributed by atoms with Gasteiger partial charge >= 0.3 is 5.84 Å². The average Bonchev–Trinajstić information content (AvgIpc) is 3.92. The molecule has 3 aliphatic heterocycles. The van der Waals surface area contributed by atoms with Gasteiger partial charge in [-0.2, -0.15) is 0 Å². The van der Waals surface area contributed by atoms with E-state index in [1.54, 1.807) is 48.5 Å². The number of hydrogen-bond donors (Lipinski definition) is 1. The number of nitrogens with zero attached hydrogens (tertiary/aromatic N) is 7. The third-order valence-corrected chi connectivity index (χ3v) is 13.9. The van der Waals surface area contributed by atoms with Gasteiger partial charge in [0.05, 0.1) is 43.3 Å². The Labute approximate surface area is 430 Å². The molecule has 4 amide bonds. The van der Waals surface area contributed by atoms with Gasteiger partial charge in [0, 0.05) is 23.0 Å². The lowest BCUT2D eigenvalue weighted by atomic mass is 10.1. The van der Waals surface area contributed by atoms with Crippen LogP contribution >= 0.6 is 58.2 Å². The fourth-order valence-corrected chi connectivity index (χ4v) is 10.3. The number of halogens is 4. The number of carbonyl (C=O) groups is 4. The summed E-state index contributed by atoms with van der Waals surface area (Å²) in [7, 11) is 0. The lowest BCUT2D eigenvalue weighted by Crippen LogP contribution is -2.49. The minimum Gasteiger partial charge on any atom is -0.366 e. The van der Waals surface area contributed by atoms with Crippen molar-refractivity contribution < 1.29 is 19.2 Å². The van der Waals surface area contributed by atoms with Gasteiger partial charge in [-0.05, 0) is 110 Å². The van der Waals surface area contributed by atoms with E-state index in [0.717, 1.165) is 57.5 Å². The summed E-state index contributed by atoms with van der Waals surface area (Å²) in [5.74, 6) is -1.83. The van der Waals surface area contributed by atoms with Crippen LogP contribution in [-0.4, -0.2) is 58.0 Å². The van der Waals surface area contributed by atoms with Crippen molar-refractivity contribution in [3.63, 3.8) is 0 Å². The van der Waals surface area contributed by atoms with E-state index in [2.05, 4.69) is 64.5 Å². The topological polar surface area (TPSA) is 122 Å². The summed E-state index contributed by atoms with van der Waals surface area (Å²) < 4.78 is 0. The van der Waals surface area contributed by atoms with E-state index in [0.29, 0.717) is 32.9 Å². The van der Waals surface area contributed by atoms with Crippen molar-refractivity contribution in [2.45, 2.75) is 63.3 Å². The van der Waals surface area contributed by atoms with Crippen LogP contribution in [0.3, 0.4) is 0 Å². The van der Waals surface area contributed by atoms with E-state index in [1.807, 2.05) is 50.2 Å². The third kappa shape index (κ3) is 10.4. The molecule has 6 aromatic carbocycles. The van der Waals surface area contributed by atoms with Gasteiger partial charge in [-0.3, -0.25) is 29.5 Å². The number of para-hydroxylation sites is 1. The summed E-state index contributed by atoms with van der Waals surface area (Å²) in [6, 6.07) is 37.6. The molecule has 1 N–H and O–H groups in total. The van der Waals surface area contributed by atoms with Gasteiger partial charge in [-0.25, -0.2) is 10.0 Å². The second kappa shape index (κ2) is 21.5. The number of rotatable bonds is 12. The number of unbranched alkanes of at least 4 members (excludes halogenated alkanes) is 1. The molecule has 0 aromatic heterocycles. The number of thioether (sulfide) groups is 1. The summed E-state index contributed by atoms with van der Waals surface area (Å²) in [5, 5.41) is 7.09. The molecule has 12 nitrogen and oxygen atoms in total. The number of fused-ring (bicyclic) bond motifs is 1. The lowest BCUT2D eigenvalue weighted by Gasteiger charge is -2.27. The molecule has 2 atom stereocenters. The molecule has 354 valence electrons. The Kier molecular flexibility index (Phi) is 15.3. The van der Waals surface area contributed by atoms with Gasteiger partial charge in [-0.15, -0.1) is 16.8 Å². The minimum absolute atomic E-state index is 0.203. The molecule has 0 spiro atoms. The zero-order chi connectivity index (χ0) is 49.8. The number of hydrazine groups is 1. The highest BCUT2D eigenvalue weighted by Crippen LogP contribution is 2.42. The first-order valence-corrected chi connectivity index (χ1v) is 24.6. The molecule has 70 heavy (non-hydrogen) atoms. The Bertz CT molecular complexity index is 3100. The predicted molar refractivity (Wildman–Crippen MR) is 282 cm³/mol. The van der Waals surface area contributed by atoms with Gasteiger partial charge in [0.25, 0.3) is 23.6 Å². The Hall–Kier alpha value is -6.66. The fourth-order valence-electron chi connectivity index (χ4n) is 8.03. The maximum absolute atomic E-state index is 14.2. The Balaban J connectivity index is 0.000000214. The smallest absolute Gasteiger partial charge is 0.304 e. The highest BCUT2D eigenvalue weighted by atomic mass is 35.5. The van der Waals surface area contributed by atoms with Gasteiger partial charge in [0.2, 0.25) is 0 Å². The lowest BCUT2D eigenvalue weighted by molar-refractivity contribution is -0.120. The predicted octanol–water partition coefficient (Wildman–Crippen LogP) is 12.7. The molecule has 0 radical (unpaired) electrons. The number of hydrazone groups is 1. The molecule has 9 rings (SSSR count). The van der Waals surface area contributed by atoms with Crippen LogP contribution in [0.2, 0.25) is 20.1 Å². The molecule has 1 fully saturated rings. The van der Waals surface area contributed by atoms with Crippen molar-refractivity contribution in [2.24, 2.45) is 10.1 Å². The van der Waals surface area contributed by atoms with E-state index in [-0.39, 0.29) is 32.9 Å². The molecule has 17 heteroatoms. The molecular formula is C53H44Cl4N8O4S. The van der Waals surface area contributed by atoms with Crippen molar-refractivity contribution in [1.29, 1.82) is 0 Å². The largest absolute Gasteiger partial charge is 0.366 e. The van der Waals surface area contributed by atoms with Crippen LogP contribution in [0.25, 0.3) is 4.85 Å². The van der Waals surface area contributed by atoms with Crippen LogP contribution in [0.1, 0.15) is 62.7 Å². The van der Waals surface area contributed by atoms with Gasteiger partial charge < -0.3 is 9.74 Å². The van der Waals surface area contributed by atoms with E-state index in [1.165, 1.54) is 40.0 Å². The maximum atomic E-state index is 14.2. The first-order valence-electron chi connectivity index (χ1n) is 22.2. The number of benzene rings is 6. The number of amides is 4. The Morgan fingerprint density at radius 3 is 2.04 bits per heavy atom. The zero-order valence-electron chi connectivity index (χ0n) is 38.3. The highest BCUT2D eigenvalue weighted by molar-refractivity contribution is 8.01. The monoisotopic (exact) mass is 1030 g/mol. The first-order chi connectivity index (χ1) is 33.7. The van der Waals surface area contributed by atoms with Gasteiger partial charge in [0.1, 0.15) is 16.8 Å². The molecule has 6 aromatic rings. The van der Waals surface area contributed by atoms with Gasteiger partial charge in [-0.1, -0.05) is 139 Å². The van der Waals surface area contributed by atoms with Crippen LogP contribution < -0.4 is 20.3 Å². The van der Waals surface area contributed by atoms with Crippen LogP contribution in [0.4, 0.5) is 22.7 Å². The number of nitrogens with one attached hydrogen (secondary N) is 1. The average molecular weight is 1030 g/mol. The number of carbonyl (C=O) groups excluding carboxylic acids is 4. The quantitative estimate of drug-likeness (QED) is 0.0957. The summed E-state index contributed by atoms with van der Waals surface area (Å²) in [6.07, 6.45) is 2.10. The molecule has 2 unspecified atom stereocenters. The molecule has 0 saturated carbocycles. The van der Waals surface area contributed by atoms with Crippen LogP contribution in [0.5, 0.6) is 0 Å². The van der Waals surface area contributed by atoms with Crippen molar-refractivity contribution in [2.75, 3.05) is 21.5 Å². The Morgan fingerprint density at radius 1 is 0.743 bits per heavy atom. The number of anilines is 3. The third-order valence-electron chi connectivity index (χ3n) is 11.5. The number of imide groups is 1. The number of hydrogen-bond acceptors (Lipinski definition) is 8. The van der Waals surface area contributed by atoms with Crippen LogP contribution in [0.15, 0.2) is 142 Å². The summed E-state index contributed by atoms with van der Waals surface area (Å²) in [6.45, 7) is 17.1. The molecule has 3 heterocycles. The minimum atomic E-state index is -1.35. The number of aryl methyl sites for hydroxylation is 3. The van der Waals surface area contributed by atoms with Crippen molar-refractivity contribution >= 4 is 116 Å². The second-order valence-corrected chi connectivity index (χ2v) is 19.5. The van der Waals surface area contributed by atoms with Gasteiger partial charge in [0.15, 0.2) is 6.04 Å². The highest BCUT2D eigenvalue weighted by Gasteiger charge is 2.51. The molecule has 1 saturated heterocycles. The van der Waals surface area contributed by atoms with E-state index in [9.17, 15) is 19.2 Å². The summed E-state index contributed by atoms with van der Waals surface area (Å²) in [4.78, 5) is 64.8. The number of aliphatic imine (C=N–C) groups is 1. The van der Waals surface area contributed by atoms with E-state index in [4.69, 9.17) is 58.0 Å². The van der Waals surface area contributed by atoms with Crippen molar-refractivity contribution in [3.05, 3.63) is 192 Å². The fraction of sp³-hybridized carbons (Fsp3) is 0.189. The summed E-state index contributed by atoms with van der Waals surface area (Å²) >= 11 is 27.3. The van der Waals surface area contributed by atoms with Crippen molar-refractivity contribution in [1.82, 2.24) is 10.3 Å². The second-order valence-electron chi connectivity index (χ2n) is 16.7. The van der Waals surface area contributed by atoms with Crippen LogP contribution in [-0.2, 0) is 16.1 Å². The zero-order valence-corrected chi connectivity index (χ0v) is 42.1. The molecular weight excluding hydrogens is 987 g/mol. The SMILES string of the molecule is CCCCN(Cc1ccc(C)cc1)c1ccccc1SC1C(=O)N(c2c(Cl)cc(Cl)cc2Cl)NC1=Nc1cc(C)ccc1Cl.[C-]#[N+]C1=NN(c2cccc(C)c2)C(=O)C1N1C(=O)c2ccccc2C1=O. The molecule has 3 aliphatic rings. The molecule has 0 aliphatic carbocycles.